The number of aromatic nitrogens is 2. The second-order valence-electron chi connectivity index (χ2n) is 9.60. The third-order valence-electron chi connectivity index (χ3n) is 6.82. The molecule has 6 rings (SSSR count). The lowest BCUT2D eigenvalue weighted by atomic mass is 10.0. The Morgan fingerprint density at radius 2 is 1.82 bits per heavy atom. The molecule has 1 aromatic heterocycles. The van der Waals surface area contributed by atoms with Crippen molar-refractivity contribution in [2.45, 2.75) is 38.6 Å². The Hall–Kier alpha value is -4.79. The number of rotatable bonds is 5. The molecule has 4 aromatic rings. The first-order valence-electron chi connectivity index (χ1n) is 12.8. The van der Waals surface area contributed by atoms with Gasteiger partial charge >= 0.3 is 0 Å². The second kappa shape index (κ2) is 10.2. The number of ether oxygens (including phenoxy) is 1. The number of nitrogens with zero attached hydrogens (tertiary/aromatic N) is 3. The van der Waals surface area contributed by atoms with E-state index in [1.807, 2.05) is 67.6 Å². The summed E-state index contributed by atoms with van der Waals surface area (Å²) in [5.74, 6) is -1.41. The maximum absolute atomic E-state index is 14.8. The highest BCUT2D eigenvalue weighted by atomic mass is 19.1. The fraction of sp³-hybridized carbons (Fsp3) is 0.200. The highest BCUT2D eigenvalue weighted by Crippen LogP contribution is 2.31. The third kappa shape index (κ3) is 4.79. The van der Waals surface area contributed by atoms with Crippen LogP contribution in [0.25, 0.3) is 0 Å². The van der Waals surface area contributed by atoms with Crippen molar-refractivity contribution in [3.8, 4) is 5.88 Å². The first-order chi connectivity index (χ1) is 19.0. The van der Waals surface area contributed by atoms with Gasteiger partial charge < -0.3 is 15.4 Å². The molecule has 8 nitrogen and oxygen atoms in total. The van der Waals surface area contributed by atoms with Crippen molar-refractivity contribution in [1.29, 1.82) is 0 Å². The summed E-state index contributed by atoms with van der Waals surface area (Å²) in [5, 5.41) is 10.1. The Kier molecular flexibility index (Phi) is 6.40. The average molecular weight is 524 g/mol. The van der Waals surface area contributed by atoms with Crippen molar-refractivity contribution < 1.29 is 18.7 Å². The van der Waals surface area contributed by atoms with E-state index in [-0.39, 0.29) is 17.4 Å². The Balaban J connectivity index is 1.39. The quantitative estimate of drug-likeness (QED) is 0.407. The summed E-state index contributed by atoms with van der Waals surface area (Å²) in [7, 11) is 0. The molecule has 9 heteroatoms. The summed E-state index contributed by atoms with van der Waals surface area (Å²) >= 11 is 0. The minimum atomic E-state index is -1.32. The summed E-state index contributed by atoms with van der Waals surface area (Å²) < 4.78 is 22.6. The van der Waals surface area contributed by atoms with Gasteiger partial charge in [0.2, 0.25) is 12.0 Å². The number of carbonyl (C=O) groups is 2. The number of aryl methyl sites for hydroxylation is 1. The number of hydrogen-bond acceptors (Lipinski definition) is 5. The summed E-state index contributed by atoms with van der Waals surface area (Å²) in [4.78, 5) is 31.8. The zero-order valence-electron chi connectivity index (χ0n) is 21.2. The van der Waals surface area contributed by atoms with Crippen molar-refractivity contribution in [1.82, 2.24) is 15.1 Å². The molecule has 0 fully saturated rings. The number of para-hydroxylation sites is 1. The maximum atomic E-state index is 14.8. The van der Waals surface area contributed by atoms with E-state index in [9.17, 15) is 14.0 Å². The second-order valence-corrected chi connectivity index (χ2v) is 9.60. The van der Waals surface area contributed by atoms with Crippen LogP contribution < -0.4 is 15.4 Å². The van der Waals surface area contributed by atoms with E-state index in [4.69, 9.17) is 4.74 Å². The van der Waals surface area contributed by atoms with E-state index < -0.39 is 23.8 Å². The highest BCUT2D eigenvalue weighted by molar-refractivity contribution is 6.20. The Morgan fingerprint density at radius 3 is 2.59 bits per heavy atom. The minimum Gasteiger partial charge on any atom is -0.474 e. The van der Waals surface area contributed by atoms with Gasteiger partial charge in [0.1, 0.15) is 11.4 Å². The van der Waals surface area contributed by atoms with Crippen molar-refractivity contribution in [2.24, 2.45) is 4.99 Å². The number of benzodiazepines with no additional fused rings is 1. The first-order valence-corrected chi connectivity index (χ1v) is 12.8. The van der Waals surface area contributed by atoms with Crippen LogP contribution in [0, 0.1) is 5.82 Å². The maximum Gasteiger partial charge on any atom is 0.269 e. The van der Waals surface area contributed by atoms with Gasteiger partial charge in [-0.2, -0.15) is 5.10 Å². The molecule has 0 aliphatic carbocycles. The van der Waals surface area contributed by atoms with E-state index in [1.54, 1.807) is 16.8 Å². The smallest absolute Gasteiger partial charge is 0.269 e. The fourth-order valence-electron chi connectivity index (χ4n) is 4.88. The van der Waals surface area contributed by atoms with Crippen LogP contribution in [0.15, 0.2) is 83.9 Å². The van der Waals surface area contributed by atoms with Crippen LogP contribution in [-0.2, 0) is 17.8 Å². The van der Waals surface area contributed by atoms with Gasteiger partial charge in [-0.05, 0) is 18.6 Å². The number of amides is 2. The molecule has 2 aliphatic rings. The molecule has 0 radical (unpaired) electrons. The zero-order chi connectivity index (χ0) is 26.9. The normalized spacial score (nSPS) is 18.1. The van der Waals surface area contributed by atoms with Crippen molar-refractivity contribution >= 4 is 23.2 Å². The molecule has 196 valence electrons. The van der Waals surface area contributed by atoms with E-state index in [0.29, 0.717) is 41.4 Å². The predicted molar refractivity (Wildman–Crippen MR) is 145 cm³/mol. The summed E-state index contributed by atoms with van der Waals surface area (Å²) in [6.45, 7) is 2.55. The summed E-state index contributed by atoms with van der Waals surface area (Å²) in [6, 6.07) is 23.4. The van der Waals surface area contributed by atoms with Gasteiger partial charge in [0.25, 0.3) is 11.8 Å². The molecule has 2 amide bonds. The van der Waals surface area contributed by atoms with Gasteiger partial charge in [0.15, 0.2) is 0 Å². The number of anilines is 1. The topological polar surface area (TPSA) is 97.6 Å². The van der Waals surface area contributed by atoms with E-state index in [0.717, 1.165) is 12.0 Å². The molecule has 0 bridgehead atoms. The van der Waals surface area contributed by atoms with Crippen LogP contribution in [0.3, 0.4) is 0 Å². The molecule has 2 aliphatic heterocycles. The molecule has 0 unspecified atom stereocenters. The number of carbonyl (C=O) groups excluding carboxylic acids is 2. The van der Waals surface area contributed by atoms with Crippen molar-refractivity contribution in [2.75, 3.05) is 5.32 Å². The molecular formula is C30H26FN5O3. The molecule has 0 saturated carbocycles. The molecule has 0 saturated heterocycles. The lowest BCUT2D eigenvalue weighted by molar-refractivity contribution is -0.117. The average Bonchev–Trinajstić information content (AvgIpc) is 3.22. The molecule has 2 atom stereocenters. The van der Waals surface area contributed by atoms with Crippen LogP contribution in [0.2, 0.25) is 0 Å². The number of fused-ring (bicyclic) bond motifs is 2. The van der Waals surface area contributed by atoms with Gasteiger partial charge in [-0.25, -0.2) is 14.1 Å². The highest BCUT2D eigenvalue weighted by Gasteiger charge is 2.33. The predicted octanol–water partition coefficient (Wildman–Crippen LogP) is 4.33. The molecule has 3 aromatic carbocycles. The largest absolute Gasteiger partial charge is 0.474 e. The van der Waals surface area contributed by atoms with Crippen molar-refractivity contribution in [3.63, 3.8) is 0 Å². The van der Waals surface area contributed by atoms with Gasteiger partial charge in [0.05, 0.1) is 23.2 Å². The number of halogens is 1. The fourth-order valence-corrected chi connectivity index (χ4v) is 4.88. The lowest BCUT2D eigenvalue weighted by Gasteiger charge is -2.22. The van der Waals surface area contributed by atoms with Crippen molar-refractivity contribution in [3.05, 3.63) is 113 Å². The van der Waals surface area contributed by atoms with Gasteiger partial charge in [-0.15, -0.1) is 0 Å². The monoisotopic (exact) mass is 523 g/mol. The van der Waals surface area contributed by atoms with E-state index in [2.05, 4.69) is 20.7 Å². The SMILES string of the molecule is C[C@H]1CCn2nc(Cc3ccccc3)c(C(=O)N[C@H]3N=C(c4ccccc4)c4cccc(F)c4NC3=O)c2O1. The first kappa shape index (κ1) is 24.5. The van der Waals surface area contributed by atoms with Gasteiger partial charge in [-0.1, -0.05) is 72.8 Å². The van der Waals surface area contributed by atoms with Crippen LogP contribution in [0.1, 0.15) is 46.1 Å². The number of benzene rings is 3. The molecule has 39 heavy (non-hydrogen) atoms. The van der Waals surface area contributed by atoms with Gasteiger partial charge in [-0.3, -0.25) is 9.59 Å². The molecule has 0 spiro atoms. The van der Waals surface area contributed by atoms with Gasteiger partial charge in [0, 0.05) is 30.5 Å². The summed E-state index contributed by atoms with van der Waals surface area (Å²) in [6.07, 6.45) is -0.236. The number of aliphatic imine (C=N–C) groups is 1. The van der Waals surface area contributed by atoms with Crippen LogP contribution >= 0.6 is 0 Å². The Bertz CT molecular complexity index is 1580. The van der Waals surface area contributed by atoms with Crippen LogP contribution in [-0.4, -0.2) is 39.6 Å². The Morgan fingerprint density at radius 1 is 1.08 bits per heavy atom. The minimum absolute atomic E-state index is 0.0201. The lowest BCUT2D eigenvalue weighted by Crippen LogP contribution is -2.43. The summed E-state index contributed by atoms with van der Waals surface area (Å²) in [5.41, 5.74) is 3.31. The van der Waals surface area contributed by atoms with Crippen LogP contribution in [0.5, 0.6) is 5.88 Å². The van der Waals surface area contributed by atoms with E-state index in [1.165, 1.54) is 6.07 Å². The van der Waals surface area contributed by atoms with Crippen LogP contribution in [0.4, 0.5) is 10.1 Å². The molecule has 3 heterocycles. The number of hydrogen-bond donors (Lipinski definition) is 2. The Labute approximate surface area is 224 Å². The standard InChI is InChI=1S/C30H26FN5O3/c1-18-15-16-36-30(39-18)24(23(35-36)17-19-9-4-2-5-10-19)28(37)34-27-29(38)33-26-21(13-8-14-22(26)31)25(32-27)20-11-6-3-7-12-20/h2-14,18,27H,15-17H2,1H3,(H,33,38)(H,34,37)/t18-,27+/m0/s1. The molecular weight excluding hydrogens is 497 g/mol. The zero-order valence-corrected chi connectivity index (χ0v) is 21.2. The third-order valence-corrected chi connectivity index (χ3v) is 6.82. The van der Waals surface area contributed by atoms with E-state index >= 15 is 0 Å². The number of nitrogens with one attached hydrogen (secondary N) is 2. The molecule has 2 N–H and O–H groups in total.